The maximum absolute atomic E-state index is 13.3. The summed E-state index contributed by atoms with van der Waals surface area (Å²) in [5.74, 6) is -1.71. The van der Waals surface area contributed by atoms with Gasteiger partial charge in [0, 0.05) is 5.38 Å². The maximum Gasteiger partial charge on any atom is 0.432 e. The molecule has 1 aromatic carbocycles. The predicted octanol–water partition coefficient (Wildman–Crippen LogP) is 3.67. The molecule has 7 nitrogen and oxygen atoms in total. The number of hydrogen-bond donors (Lipinski definition) is 1. The van der Waals surface area contributed by atoms with Crippen molar-refractivity contribution in [1.82, 2.24) is 9.97 Å². The highest BCUT2D eigenvalue weighted by Gasteiger charge is 2.38. The van der Waals surface area contributed by atoms with Gasteiger partial charge in [0.15, 0.2) is 9.84 Å². The van der Waals surface area contributed by atoms with Gasteiger partial charge in [-0.1, -0.05) is 18.2 Å². The van der Waals surface area contributed by atoms with E-state index in [1.165, 1.54) is 24.4 Å². The van der Waals surface area contributed by atoms with Crippen molar-refractivity contribution < 1.29 is 31.1 Å². The smallest absolute Gasteiger partial charge is 0.432 e. The van der Waals surface area contributed by atoms with Crippen LogP contribution >= 0.6 is 11.3 Å². The normalized spacial score (nSPS) is 12.0. The van der Waals surface area contributed by atoms with E-state index in [0.29, 0.717) is 0 Å². The first kappa shape index (κ1) is 22.7. The molecule has 0 saturated carbocycles. The molecule has 164 valence electrons. The first-order valence-corrected chi connectivity index (χ1v) is 11.3. The Labute approximate surface area is 178 Å². The lowest BCUT2D eigenvalue weighted by Crippen LogP contribution is -2.23. The number of sulfone groups is 1. The molecular formula is C19H15F3N2O5S2. The van der Waals surface area contributed by atoms with Gasteiger partial charge in [0.05, 0.1) is 28.3 Å². The van der Waals surface area contributed by atoms with E-state index in [9.17, 15) is 31.2 Å². The van der Waals surface area contributed by atoms with Gasteiger partial charge in [0.25, 0.3) is 5.56 Å². The lowest BCUT2D eigenvalue weighted by molar-refractivity contribution is -0.141. The number of hydrogen-bond acceptors (Lipinski definition) is 7. The average Bonchev–Trinajstić information content (AvgIpc) is 3.15. The van der Waals surface area contributed by atoms with Gasteiger partial charge >= 0.3 is 12.1 Å². The van der Waals surface area contributed by atoms with E-state index >= 15 is 0 Å². The molecule has 0 bridgehead atoms. The van der Waals surface area contributed by atoms with Gasteiger partial charge in [-0.15, -0.1) is 11.3 Å². The van der Waals surface area contributed by atoms with Crippen molar-refractivity contribution in [3.63, 3.8) is 0 Å². The molecule has 12 heteroatoms. The van der Waals surface area contributed by atoms with Gasteiger partial charge in [0.1, 0.15) is 16.5 Å². The van der Waals surface area contributed by atoms with E-state index in [0.717, 1.165) is 17.4 Å². The van der Waals surface area contributed by atoms with Crippen LogP contribution in [0.15, 0.2) is 51.5 Å². The minimum Gasteiger partial charge on any atom is -0.462 e. The van der Waals surface area contributed by atoms with Crippen LogP contribution < -0.4 is 5.56 Å². The van der Waals surface area contributed by atoms with Gasteiger partial charge < -0.3 is 9.72 Å². The monoisotopic (exact) mass is 472 g/mol. The molecule has 1 N–H and O–H groups in total. The number of esters is 1. The predicted molar refractivity (Wildman–Crippen MR) is 106 cm³/mol. The van der Waals surface area contributed by atoms with Crippen LogP contribution in [0.25, 0.3) is 11.3 Å². The molecular weight excluding hydrogens is 457 g/mol. The first-order valence-electron chi connectivity index (χ1n) is 8.77. The second kappa shape index (κ2) is 8.63. The highest BCUT2D eigenvalue weighted by molar-refractivity contribution is 7.90. The lowest BCUT2D eigenvalue weighted by Gasteiger charge is -2.12. The largest absolute Gasteiger partial charge is 0.462 e. The number of carbonyl (C=O) groups is 1. The highest BCUT2D eigenvalue weighted by Crippen LogP contribution is 2.32. The average molecular weight is 472 g/mol. The number of H-pyrrole nitrogens is 1. The van der Waals surface area contributed by atoms with E-state index in [1.807, 2.05) is 0 Å². The molecule has 0 unspecified atom stereocenters. The summed E-state index contributed by atoms with van der Waals surface area (Å²) in [6, 6.07) is 8.41. The number of ether oxygens (including phenoxy) is 1. The Morgan fingerprint density at radius 1 is 1.23 bits per heavy atom. The molecule has 0 amide bonds. The minimum absolute atomic E-state index is 0.0521. The Morgan fingerprint density at radius 3 is 2.52 bits per heavy atom. The number of alkyl halides is 3. The molecule has 3 rings (SSSR count). The number of aromatic amines is 1. The van der Waals surface area contributed by atoms with Crippen molar-refractivity contribution in [1.29, 1.82) is 0 Å². The van der Waals surface area contributed by atoms with Crippen LogP contribution in [0.5, 0.6) is 0 Å². The van der Waals surface area contributed by atoms with E-state index in [-0.39, 0.29) is 27.8 Å². The third-order valence-electron chi connectivity index (χ3n) is 4.06. The number of rotatable bonds is 6. The highest BCUT2D eigenvalue weighted by atomic mass is 32.2. The molecule has 0 spiro atoms. The molecule has 31 heavy (non-hydrogen) atoms. The van der Waals surface area contributed by atoms with Crippen molar-refractivity contribution >= 4 is 27.1 Å². The Balaban J connectivity index is 2.01. The number of pyridine rings is 1. The van der Waals surface area contributed by atoms with Crippen molar-refractivity contribution in [2.45, 2.75) is 23.7 Å². The number of thiazole rings is 1. The van der Waals surface area contributed by atoms with Gasteiger partial charge in [-0.3, -0.25) is 4.79 Å². The summed E-state index contributed by atoms with van der Waals surface area (Å²) < 4.78 is 69.4. The number of benzene rings is 1. The van der Waals surface area contributed by atoms with Crippen LogP contribution in [0.3, 0.4) is 0 Å². The van der Waals surface area contributed by atoms with E-state index in [2.05, 4.69) is 9.72 Å². The standard InChI is InChI=1S/C19H15F3N2O5S2/c1-2-29-18(26)13-8-12(17(25)24-16(13)19(20,21)22)14-9-30-15(23-14)10-31(27,28)11-6-4-3-5-7-11/h3-9H,2,10H2,1H3,(H,24,25). The van der Waals surface area contributed by atoms with Crippen molar-refractivity contribution in [2.24, 2.45) is 0 Å². The molecule has 2 heterocycles. The van der Waals surface area contributed by atoms with Crippen LogP contribution in [0, 0.1) is 0 Å². The number of halogens is 3. The van der Waals surface area contributed by atoms with Crippen LogP contribution in [0.4, 0.5) is 13.2 Å². The zero-order chi connectivity index (χ0) is 22.8. The van der Waals surface area contributed by atoms with Gasteiger partial charge in [-0.2, -0.15) is 13.2 Å². The SMILES string of the molecule is CCOC(=O)c1cc(-c2csc(CS(=O)(=O)c3ccccc3)n2)c(=O)[nH]c1C(F)(F)F. The summed E-state index contributed by atoms with van der Waals surface area (Å²) in [7, 11) is -3.71. The summed E-state index contributed by atoms with van der Waals surface area (Å²) >= 11 is 0.927. The van der Waals surface area contributed by atoms with Crippen molar-refractivity contribution in [3.8, 4) is 11.3 Å². The molecule has 3 aromatic rings. The summed E-state index contributed by atoms with van der Waals surface area (Å²) in [4.78, 5) is 30.1. The van der Waals surface area contributed by atoms with Crippen LogP contribution in [-0.4, -0.2) is 31.0 Å². The Kier molecular flexibility index (Phi) is 6.32. The van der Waals surface area contributed by atoms with Gasteiger partial charge in [-0.05, 0) is 25.1 Å². The third-order valence-corrected chi connectivity index (χ3v) is 6.74. The molecule has 0 saturated heterocycles. The fourth-order valence-electron chi connectivity index (χ4n) is 2.69. The van der Waals surface area contributed by atoms with Crippen molar-refractivity contribution in [2.75, 3.05) is 6.61 Å². The summed E-state index contributed by atoms with van der Waals surface area (Å²) in [6.45, 7) is 1.26. The van der Waals surface area contributed by atoms with E-state index in [4.69, 9.17) is 0 Å². The second-order valence-corrected chi connectivity index (χ2v) is 9.15. The quantitative estimate of drug-likeness (QED) is 0.549. The topological polar surface area (TPSA) is 106 Å². The maximum atomic E-state index is 13.3. The number of nitrogens with one attached hydrogen (secondary N) is 1. The minimum atomic E-state index is -4.99. The summed E-state index contributed by atoms with van der Waals surface area (Å²) in [6.07, 6.45) is -4.99. The fourth-order valence-corrected chi connectivity index (χ4v) is 5.13. The molecule has 0 fully saturated rings. The summed E-state index contributed by atoms with van der Waals surface area (Å²) in [5, 5.41) is 1.47. The Hall–Kier alpha value is -2.99. The first-order chi connectivity index (χ1) is 14.5. The van der Waals surface area contributed by atoms with Crippen LogP contribution in [0.1, 0.15) is 28.0 Å². The Bertz CT molecular complexity index is 1270. The molecule has 0 aliphatic rings. The van der Waals surface area contributed by atoms with Crippen LogP contribution in [-0.2, 0) is 26.5 Å². The third kappa shape index (κ3) is 5.02. The number of nitrogens with zero attached hydrogens (tertiary/aromatic N) is 1. The van der Waals surface area contributed by atoms with E-state index in [1.54, 1.807) is 23.2 Å². The molecule has 2 aromatic heterocycles. The zero-order valence-electron chi connectivity index (χ0n) is 15.9. The number of aromatic nitrogens is 2. The van der Waals surface area contributed by atoms with Gasteiger partial charge in [-0.25, -0.2) is 18.2 Å². The van der Waals surface area contributed by atoms with Crippen LogP contribution in [0.2, 0.25) is 0 Å². The molecule has 0 aliphatic heterocycles. The number of carbonyl (C=O) groups excluding carboxylic acids is 1. The zero-order valence-corrected chi connectivity index (χ0v) is 17.5. The second-order valence-electron chi connectivity index (χ2n) is 6.22. The Morgan fingerprint density at radius 2 is 1.90 bits per heavy atom. The molecule has 0 aliphatic carbocycles. The molecule has 0 atom stereocenters. The van der Waals surface area contributed by atoms with Gasteiger partial charge in [0.2, 0.25) is 0 Å². The van der Waals surface area contributed by atoms with Crippen molar-refractivity contribution in [3.05, 3.63) is 68.4 Å². The summed E-state index contributed by atoms with van der Waals surface area (Å²) in [5.41, 5.74) is -3.88. The molecule has 0 radical (unpaired) electrons. The van der Waals surface area contributed by atoms with E-state index < -0.39 is 44.6 Å². The fraction of sp³-hybridized carbons (Fsp3) is 0.211. The lowest BCUT2D eigenvalue weighted by atomic mass is 10.1.